The van der Waals surface area contributed by atoms with Crippen LogP contribution in [-0.4, -0.2) is 44.8 Å². The van der Waals surface area contributed by atoms with Crippen LogP contribution < -0.4 is 11.1 Å². The molecule has 0 aromatic heterocycles. The first-order chi connectivity index (χ1) is 10.4. The Morgan fingerprint density at radius 2 is 2.00 bits per heavy atom. The second kappa shape index (κ2) is 6.76. The van der Waals surface area contributed by atoms with E-state index in [9.17, 15) is 13.2 Å². The highest BCUT2D eigenvalue weighted by atomic mass is 32.2. The van der Waals surface area contributed by atoms with Gasteiger partial charge in [0.2, 0.25) is 10.0 Å². The summed E-state index contributed by atoms with van der Waals surface area (Å²) in [7, 11) is -2.05. The molecular weight excluding hydrogens is 302 g/mol. The van der Waals surface area contributed by atoms with Crippen molar-refractivity contribution in [2.75, 3.05) is 20.1 Å². The zero-order valence-electron chi connectivity index (χ0n) is 13.0. The van der Waals surface area contributed by atoms with E-state index in [0.29, 0.717) is 18.7 Å². The lowest BCUT2D eigenvalue weighted by Crippen LogP contribution is -2.51. The summed E-state index contributed by atoms with van der Waals surface area (Å²) in [4.78, 5) is 11.7. The predicted molar refractivity (Wildman–Crippen MR) is 85.0 cm³/mol. The van der Waals surface area contributed by atoms with Gasteiger partial charge >= 0.3 is 0 Å². The van der Waals surface area contributed by atoms with E-state index in [4.69, 9.17) is 5.73 Å². The maximum absolute atomic E-state index is 12.8. The van der Waals surface area contributed by atoms with Crippen molar-refractivity contribution in [1.29, 1.82) is 0 Å². The first-order valence-corrected chi connectivity index (χ1v) is 8.90. The van der Waals surface area contributed by atoms with Gasteiger partial charge in [-0.25, -0.2) is 8.42 Å². The van der Waals surface area contributed by atoms with Crippen molar-refractivity contribution in [1.82, 2.24) is 9.62 Å². The molecule has 0 saturated carbocycles. The Balaban J connectivity index is 2.31. The Hall–Kier alpha value is -1.44. The summed E-state index contributed by atoms with van der Waals surface area (Å²) in [6, 6.07) is 5.84. The number of sulfonamides is 1. The lowest BCUT2D eigenvalue weighted by Gasteiger charge is -2.38. The molecule has 0 aliphatic carbocycles. The molecule has 1 aliphatic rings. The highest BCUT2D eigenvalue weighted by molar-refractivity contribution is 7.89. The van der Waals surface area contributed by atoms with Crippen molar-refractivity contribution in [3.05, 3.63) is 29.8 Å². The number of carbonyl (C=O) groups excluding carboxylic acids is 1. The van der Waals surface area contributed by atoms with Gasteiger partial charge in [-0.3, -0.25) is 4.79 Å². The zero-order chi connectivity index (χ0) is 16.3. The standard InChI is InChI=1S/C15H23N3O3S/c1-11-4-3-9-18(14(11)10-16)22(20,21)13-7-5-12(6-8-13)15(19)17-2/h5-8,11,14H,3-4,9-10,16H2,1-2H3,(H,17,19)/t11-,14+/m1/s1. The van der Waals surface area contributed by atoms with Gasteiger partial charge in [0.15, 0.2) is 0 Å². The van der Waals surface area contributed by atoms with Crippen LogP contribution >= 0.6 is 0 Å². The first-order valence-electron chi connectivity index (χ1n) is 7.46. The zero-order valence-corrected chi connectivity index (χ0v) is 13.8. The first kappa shape index (κ1) is 16.9. The number of piperidine rings is 1. The van der Waals surface area contributed by atoms with E-state index in [1.807, 2.05) is 6.92 Å². The summed E-state index contributed by atoms with van der Waals surface area (Å²) >= 11 is 0. The summed E-state index contributed by atoms with van der Waals surface area (Å²) in [5, 5.41) is 2.51. The molecule has 2 atom stereocenters. The predicted octanol–water partition coefficient (Wildman–Crippen LogP) is 0.794. The van der Waals surface area contributed by atoms with Crippen molar-refractivity contribution in [2.45, 2.75) is 30.7 Å². The van der Waals surface area contributed by atoms with E-state index < -0.39 is 10.0 Å². The van der Waals surface area contributed by atoms with E-state index >= 15 is 0 Å². The summed E-state index contributed by atoms with van der Waals surface area (Å²) in [6.07, 6.45) is 1.83. The van der Waals surface area contributed by atoms with E-state index in [1.165, 1.54) is 35.6 Å². The maximum Gasteiger partial charge on any atom is 0.251 e. The van der Waals surface area contributed by atoms with Gasteiger partial charge in [-0.2, -0.15) is 4.31 Å². The number of rotatable bonds is 4. The summed E-state index contributed by atoms with van der Waals surface area (Å²) in [5.74, 6) is 0.00837. The average molecular weight is 325 g/mol. The van der Waals surface area contributed by atoms with Crippen LogP contribution in [0.2, 0.25) is 0 Å². The Kier molecular flexibility index (Phi) is 5.20. The number of hydrogen-bond donors (Lipinski definition) is 2. The lowest BCUT2D eigenvalue weighted by atomic mass is 9.93. The van der Waals surface area contributed by atoms with Crippen LogP contribution in [0.4, 0.5) is 0 Å². The Bertz CT molecular complexity index is 628. The fourth-order valence-electron chi connectivity index (χ4n) is 2.92. The second-order valence-electron chi connectivity index (χ2n) is 5.64. The third kappa shape index (κ3) is 3.16. The summed E-state index contributed by atoms with van der Waals surface area (Å²) < 4.78 is 27.2. The molecule has 6 nitrogen and oxygen atoms in total. The lowest BCUT2D eigenvalue weighted by molar-refractivity contribution is 0.0963. The number of hydrogen-bond acceptors (Lipinski definition) is 4. The van der Waals surface area contributed by atoms with E-state index in [2.05, 4.69) is 5.32 Å². The molecule has 22 heavy (non-hydrogen) atoms. The molecule has 1 aliphatic heterocycles. The smallest absolute Gasteiger partial charge is 0.251 e. The molecule has 1 heterocycles. The molecule has 0 bridgehead atoms. The van der Waals surface area contributed by atoms with Gasteiger partial charge in [0, 0.05) is 31.7 Å². The minimum absolute atomic E-state index is 0.169. The van der Waals surface area contributed by atoms with Gasteiger partial charge in [0.25, 0.3) is 5.91 Å². The highest BCUT2D eigenvalue weighted by Gasteiger charge is 2.36. The monoisotopic (exact) mass is 325 g/mol. The molecule has 1 amide bonds. The summed E-state index contributed by atoms with van der Waals surface area (Å²) in [5.41, 5.74) is 6.22. The molecule has 1 aromatic rings. The van der Waals surface area contributed by atoms with Crippen LogP contribution in [0, 0.1) is 5.92 Å². The molecule has 0 spiro atoms. The average Bonchev–Trinajstić information content (AvgIpc) is 2.54. The van der Waals surface area contributed by atoms with Crippen molar-refractivity contribution < 1.29 is 13.2 Å². The van der Waals surface area contributed by atoms with Crippen molar-refractivity contribution >= 4 is 15.9 Å². The van der Waals surface area contributed by atoms with Crippen LogP contribution in [0.15, 0.2) is 29.2 Å². The second-order valence-corrected chi connectivity index (χ2v) is 7.53. The van der Waals surface area contributed by atoms with E-state index in [-0.39, 0.29) is 22.8 Å². The van der Waals surface area contributed by atoms with Crippen LogP contribution in [-0.2, 0) is 10.0 Å². The van der Waals surface area contributed by atoms with Gasteiger partial charge in [0.05, 0.1) is 4.90 Å². The minimum Gasteiger partial charge on any atom is -0.355 e. The van der Waals surface area contributed by atoms with Gasteiger partial charge in [-0.1, -0.05) is 6.92 Å². The third-order valence-electron chi connectivity index (χ3n) is 4.26. The molecule has 1 aromatic carbocycles. The maximum atomic E-state index is 12.8. The van der Waals surface area contributed by atoms with Gasteiger partial charge in [-0.15, -0.1) is 0 Å². The van der Waals surface area contributed by atoms with Crippen LogP contribution in [0.1, 0.15) is 30.1 Å². The van der Waals surface area contributed by atoms with E-state index in [1.54, 1.807) is 0 Å². The van der Waals surface area contributed by atoms with Crippen molar-refractivity contribution in [3.8, 4) is 0 Å². The van der Waals surface area contributed by atoms with E-state index in [0.717, 1.165) is 12.8 Å². The van der Waals surface area contributed by atoms with Crippen molar-refractivity contribution in [3.63, 3.8) is 0 Å². The molecule has 3 N–H and O–H groups in total. The molecule has 122 valence electrons. The molecule has 1 fully saturated rings. The number of nitrogens with zero attached hydrogens (tertiary/aromatic N) is 1. The molecular formula is C15H23N3O3S. The van der Waals surface area contributed by atoms with Gasteiger partial charge in [-0.05, 0) is 43.0 Å². The fourth-order valence-corrected chi connectivity index (χ4v) is 4.69. The van der Waals surface area contributed by atoms with Crippen LogP contribution in [0.3, 0.4) is 0 Å². The number of benzene rings is 1. The van der Waals surface area contributed by atoms with Crippen LogP contribution in [0.5, 0.6) is 0 Å². The molecule has 2 rings (SSSR count). The van der Waals surface area contributed by atoms with Crippen molar-refractivity contribution in [2.24, 2.45) is 11.7 Å². The fraction of sp³-hybridized carbons (Fsp3) is 0.533. The molecule has 7 heteroatoms. The Morgan fingerprint density at radius 3 is 2.55 bits per heavy atom. The molecule has 1 saturated heterocycles. The largest absolute Gasteiger partial charge is 0.355 e. The SMILES string of the molecule is CNC(=O)c1ccc(S(=O)(=O)N2CCC[C@@H](C)[C@@H]2CN)cc1. The molecule has 0 unspecified atom stereocenters. The Morgan fingerprint density at radius 1 is 1.36 bits per heavy atom. The topological polar surface area (TPSA) is 92.5 Å². The number of nitrogens with two attached hydrogens (primary N) is 1. The Labute approximate surface area is 131 Å². The quantitative estimate of drug-likeness (QED) is 0.856. The number of nitrogens with one attached hydrogen (secondary N) is 1. The van der Waals surface area contributed by atoms with Gasteiger partial charge < -0.3 is 11.1 Å². The normalized spacial score (nSPS) is 23.2. The van der Waals surface area contributed by atoms with Gasteiger partial charge in [0.1, 0.15) is 0 Å². The number of amides is 1. The number of carbonyl (C=O) groups is 1. The molecule has 0 radical (unpaired) electrons. The third-order valence-corrected chi connectivity index (χ3v) is 6.20. The minimum atomic E-state index is -3.58. The highest BCUT2D eigenvalue weighted by Crippen LogP contribution is 2.28. The van der Waals surface area contributed by atoms with Crippen LogP contribution in [0.25, 0.3) is 0 Å². The summed E-state index contributed by atoms with van der Waals surface area (Å²) in [6.45, 7) is 2.84.